The summed E-state index contributed by atoms with van der Waals surface area (Å²) in [4.78, 5) is 0. The van der Waals surface area contributed by atoms with E-state index in [1.54, 1.807) is 0 Å². The normalized spacial score (nSPS) is 15.8. The van der Waals surface area contributed by atoms with Crippen molar-refractivity contribution in [2.45, 2.75) is 50.4 Å². The highest BCUT2D eigenvalue weighted by molar-refractivity contribution is 9.11. The Labute approximate surface area is 247 Å². The van der Waals surface area contributed by atoms with Crippen LogP contribution < -0.4 is 0 Å². The first-order valence-corrected chi connectivity index (χ1v) is 15.7. The van der Waals surface area contributed by atoms with Crippen molar-refractivity contribution in [3.63, 3.8) is 0 Å². The van der Waals surface area contributed by atoms with E-state index in [1.165, 1.54) is 44.5 Å². The van der Waals surface area contributed by atoms with Crippen molar-refractivity contribution in [1.82, 2.24) is 0 Å². The predicted molar refractivity (Wildman–Crippen MR) is 166 cm³/mol. The van der Waals surface area contributed by atoms with Crippen molar-refractivity contribution in [1.29, 1.82) is 0 Å². The van der Waals surface area contributed by atoms with Gasteiger partial charge >= 0.3 is 0 Å². The third kappa shape index (κ3) is 3.61. The molecule has 0 aromatic heterocycles. The van der Waals surface area contributed by atoms with Crippen molar-refractivity contribution in [3.8, 4) is 22.3 Å². The number of benzene rings is 4. The molecule has 0 atom stereocenters. The van der Waals surface area contributed by atoms with Gasteiger partial charge in [-0.2, -0.15) is 0 Å². The van der Waals surface area contributed by atoms with Crippen molar-refractivity contribution >= 4 is 63.7 Å². The summed E-state index contributed by atoms with van der Waals surface area (Å²) in [5.74, 6) is 0. The summed E-state index contributed by atoms with van der Waals surface area (Å²) in [5.41, 5.74) is 11.3. The Kier molecular flexibility index (Phi) is 6.43. The van der Waals surface area contributed by atoms with E-state index in [9.17, 15) is 0 Å². The Hall–Kier alpha value is -1.20. The quantitative estimate of drug-likeness (QED) is 0.192. The van der Waals surface area contributed by atoms with Crippen LogP contribution in [0.1, 0.15) is 61.8 Å². The molecule has 6 rings (SSSR count). The lowest BCUT2D eigenvalue weighted by atomic mass is 9.65. The Bertz CT molecular complexity index is 1300. The molecule has 4 heteroatoms. The van der Waals surface area contributed by atoms with Crippen LogP contribution in [0.25, 0.3) is 22.3 Å². The second-order valence-corrected chi connectivity index (χ2v) is 13.8. The van der Waals surface area contributed by atoms with Crippen LogP contribution in [-0.2, 0) is 10.8 Å². The van der Waals surface area contributed by atoms with E-state index in [4.69, 9.17) is 0 Å². The minimum Gasteiger partial charge on any atom is -0.0642 e. The molecule has 36 heavy (non-hydrogen) atoms. The fourth-order valence-corrected chi connectivity index (χ4v) is 8.40. The molecule has 0 aliphatic heterocycles. The van der Waals surface area contributed by atoms with Crippen molar-refractivity contribution in [2.75, 3.05) is 0 Å². The van der Waals surface area contributed by atoms with E-state index in [-0.39, 0.29) is 10.8 Å². The van der Waals surface area contributed by atoms with Gasteiger partial charge in [0.2, 0.25) is 0 Å². The summed E-state index contributed by atoms with van der Waals surface area (Å²) in [6.07, 6.45) is 4.30. The largest absolute Gasteiger partial charge is 0.0642 e. The predicted octanol–water partition coefficient (Wildman–Crippen LogP) is 11.6. The highest BCUT2D eigenvalue weighted by Crippen LogP contribution is 2.59. The van der Waals surface area contributed by atoms with E-state index in [0.29, 0.717) is 0 Å². The maximum absolute atomic E-state index is 3.79. The molecular formula is C32H26Br4. The second kappa shape index (κ2) is 9.22. The zero-order valence-corrected chi connectivity index (χ0v) is 26.6. The van der Waals surface area contributed by atoms with Gasteiger partial charge in [-0.05, 0) is 119 Å². The zero-order chi connectivity index (χ0) is 25.2. The first kappa shape index (κ1) is 25.1. The Morgan fingerprint density at radius 3 is 0.917 bits per heavy atom. The van der Waals surface area contributed by atoms with Gasteiger partial charge in [0, 0.05) is 28.7 Å². The van der Waals surface area contributed by atoms with Crippen LogP contribution in [0.2, 0.25) is 0 Å². The van der Waals surface area contributed by atoms with Crippen LogP contribution in [0.4, 0.5) is 0 Å². The van der Waals surface area contributed by atoms with Crippen LogP contribution in [-0.4, -0.2) is 0 Å². The molecule has 4 aromatic rings. The molecule has 0 saturated heterocycles. The summed E-state index contributed by atoms with van der Waals surface area (Å²) in [6.45, 7) is 4.73. The second-order valence-electron chi connectivity index (χ2n) is 10.1. The van der Waals surface area contributed by atoms with Gasteiger partial charge in [0.15, 0.2) is 0 Å². The standard InChI is InChI=1S/C32H26Br4/c1-3-31(27-15-19(33)5-9-23(27)24-10-6-20(34)16-28(24)31)13-14-32(4-2)29-17-21(35)7-11-25(29)26-12-8-22(36)18-30(26)32/h5-12,15-18H,3-4,13-14H2,1-2H3. The molecule has 4 aromatic carbocycles. The van der Waals surface area contributed by atoms with E-state index in [1.807, 2.05) is 0 Å². The smallest absolute Gasteiger partial charge is 0.0213 e. The average molecular weight is 730 g/mol. The number of hydrogen-bond donors (Lipinski definition) is 0. The molecule has 2 aliphatic rings. The van der Waals surface area contributed by atoms with Crippen LogP contribution in [0.5, 0.6) is 0 Å². The molecule has 0 fully saturated rings. The molecule has 0 unspecified atom stereocenters. The molecule has 0 nitrogen and oxygen atoms in total. The zero-order valence-electron chi connectivity index (χ0n) is 20.3. The van der Waals surface area contributed by atoms with Gasteiger partial charge in [-0.15, -0.1) is 0 Å². The fourth-order valence-electron chi connectivity index (χ4n) is 6.96. The van der Waals surface area contributed by atoms with Crippen LogP contribution in [0.3, 0.4) is 0 Å². The van der Waals surface area contributed by atoms with Crippen molar-refractivity contribution in [3.05, 3.63) is 113 Å². The lowest BCUT2D eigenvalue weighted by Crippen LogP contribution is -2.31. The van der Waals surface area contributed by atoms with E-state index < -0.39 is 0 Å². The maximum atomic E-state index is 3.79. The Morgan fingerprint density at radius 1 is 0.444 bits per heavy atom. The van der Waals surface area contributed by atoms with Crippen LogP contribution in [0.15, 0.2) is 90.7 Å². The van der Waals surface area contributed by atoms with Crippen LogP contribution in [0, 0.1) is 0 Å². The van der Waals surface area contributed by atoms with Crippen molar-refractivity contribution < 1.29 is 0 Å². The van der Waals surface area contributed by atoms with Gasteiger partial charge in [0.1, 0.15) is 0 Å². The summed E-state index contributed by atoms with van der Waals surface area (Å²) >= 11 is 15.1. The molecule has 182 valence electrons. The molecule has 0 N–H and O–H groups in total. The monoisotopic (exact) mass is 726 g/mol. The minimum atomic E-state index is -0.0265. The number of halogens is 4. The maximum Gasteiger partial charge on any atom is 0.0213 e. The highest BCUT2D eigenvalue weighted by atomic mass is 79.9. The minimum absolute atomic E-state index is 0.0265. The fraction of sp³-hybridized carbons (Fsp3) is 0.250. The number of rotatable bonds is 5. The molecule has 0 radical (unpaired) electrons. The average Bonchev–Trinajstić information content (AvgIpc) is 3.28. The lowest BCUT2D eigenvalue weighted by molar-refractivity contribution is 0.368. The van der Waals surface area contributed by atoms with E-state index in [0.717, 1.165) is 43.6 Å². The first-order valence-electron chi connectivity index (χ1n) is 12.5. The van der Waals surface area contributed by atoms with Gasteiger partial charge in [-0.25, -0.2) is 0 Å². The molecule has 0 spiro atoms. The molecule has 0 bridgehead atoms. The van der Waals surface area contributed by atoms with E-state index in [2.05, 4.69) is 150 Å². The number of fused-ring (bicyclic) bond motifs is 6. The highest BCUT2D eigenvalue weighted by Gasteiger charge is 2.47. The van der Waals surface area contributed by atoms with Gasteiger partial charge < -0.3 is 0 Å². The summed E-state index contributed by atoms with van der Waals surface area (Å²) < 4.78 is 4.61. The first-order chi connectivity index (χ1) is 17.3. The third-order valence-electron chi connectivity index (χ3n) is 8.75. The van der Waals surface area contributed by atoms with Gasteiger partial charge in [-0.1, -0.05) is 102 Å². The summed E-state index contributed by atoms with van der Waals surface area (Å²) in [6, 6.07) is 27.4. The van der Waals surface area contributed by atoms with Crippen LogP contribution >= 0.6 is 63.7 Å². The van der Waals surface area contributed by atoms with Gasteiger partial charge in [0.25, 0.3) is 0 Å². The summed E-state index contributed by atoms with van der Waals surface area (Å²) in [7, 11) is 0. The molecular weight excluding hydrogens is 704 g/mol. The number of hydrogen-bond acceptors (Lipinski definition) is 0. The molecule has 2 aliphatic carbocycles. The topological polar surface area (TPSA) is 0 Å². The van der Waals surface area contributed by atoms with E-state index >= 15 is 0 Å². The molecule has 0 amide bonds. The Morgan fingerprint density at radius 2 is 0.694 bits per heavy atom. The summed E-state index contributed by atoms with van der Waals surface area (Å²) in [5, 5.41) is 0. The Balaban J connectivity index is 1.54. The third-order valence-corrected chi connectivity index (χ3v) is 10.7. The van der Waals surface area contributed by atoms with Gasteiger partial charge in [0.05, 0.1) is 0 Å². The van der Waals surface area contributed by atoms with Gasteiger partial charge in [-0.3, -0.25) is 0 Å². The SMILES string of the molecule is CCC1(CCC2(CC)c3cc(Br)ccc3-c3ccc(Br)cc32)c2cc(Br)ccc2-c2ccc(Br)cc21. The molecule has 0 saturated carbocycles. The molecule has 0 heterocycles. The van der Waals surface area contributed by atoms with Crippen molar-refractivity contribution in [2.24, 2.45) is 0 Å². The lowest BCUT2D eigenvalue weighted by Gasteiger charge is -2.38.